The number of hydrogen-bond donors (Lipinski definition) is 0. The third-order valence-corrected chi connectivity index (χ3v) is 5.44. The zero-order valence-electron chi connectivity index (χ0n) is 13.1. The van der Waals surface area contributed by atoms with Crippen LogP contribution in [0, 0.1) is 0 Å². The molecule has 1 aromatic carbocycles. The number of halogens is 1. The Hall–Kier alpha value is -1.36. The molecule has 0 aliphatic carbocycles. The highest BCUT2D eigenvalue weighted by Crippen LogP contribution is 2.34. The maximum absolute atomic E-state index is 12.7. The molecule has 0 saturated heterocycles. The van der Waals surface area contributed by atoms with Crippen molar-refractivity contribution in [3.8, 4) is 0 Å². The van der Waals surface area contributed by atoms with Crippen LogP contribution in [0.4, 0.5) is 0 Å². The van der Waals surface area contributed by atoms with Gasteiger partial charge in [0.05, 0.1) is 6.61 Å². The lowest BCUT2D eigenvalue weighted by Crippen LogP contribution is -2.38. The summed E-state index contributed by atoms with van der Waals surface area (Å²) >= 11 is 8.15. The largest absolute Gasteiger partial charge is 0.464 e. The molecule has 0 amide bonds. The Bertz CT molecular complexity index is 685. The van der Waals surface area contributed by atoms with E-state index in [1.165, 1.54) is 10.4 Å². The highest BCUT2D eigenvalue weighted by molar-refractivity contribution is 7.10. The van der Waals surface area contributed by atoms with E-state index in [-0.39, 0.29) is 5.97 Å². The zero-order chi connectivity index (χ0) is 16.2. The van der Waals surface area contributed by atoms with Crippen LogP contribution in [-0.2, 0) is 22.5 Å². The predicted octanol–water partition coefficient (Wildman–Crippen LogP) is 4.45. The van der Waals surface area contributed by atoms with Gasteiger partial charge in [-0.2, -0.15) is 0 Å². The Morgan fingerprint density at radius 1 is 1.39 bits per heavy atom. The number of carbonyl (C=O) groups is 1. The summed E-state index contributed by atoms with van der Waals surface area (Å²) in [5.74, 6) is -0.210. The molecule has 0 bridgehead atoms. The smallest absolute Gasteiger partial charge is 0.328 e. The quantitative estimate of drug-likeness (QED) is 0.747. The van der Waals surface area contributed by atoms with Crippen LogP contribution in [-0.4, -0.2) is 24.0 Å². The van der Waals surface area contributed by atoms with Crippen LogP contribution in [0.5, 0.6) is 0 Å². The van der Waals surface area contributed by atoms with Crippen LogP contribution in [0.2, 0.25) is 5.02 Å². The summed E-state index contributed by atoms with van der Waals surface area (Å²) in [6, 6.07) is 9.26. The van der Waals surface area contributed by atoms with Crippen molar-refractivity contribution in [1.82, 2.24) is 4.90 Å². The lowest BCUT2D eigenvalue weighted by atomic mass is 10.0. The van der Waals surface area contributed by atoms with Gasteiger partial charge in [-0.3, -0.25) is 4.90 Å². The van der Waals surface area contributed by atoms with Crippen LogP contribution in [0.1, 0.15) is 35.4 Å². The first-order valence-corrected chi connectivity index (χ1v) is 9.16. The fourth-order valence-corrected chi connectivity index (χ4v) is 4.07. The Kier molecular flexibility index (Phi) is 5.36. The van der Waals surface area contributed by atoms with Gasteiger partial charge < -0.3 is 4.74 Å². The highest BCUT2D eigenvalue weighted by atomic mass is 35.5. The molecule has 1 aliphatic rings. The van der Waals surface area contributed by atoms with Gasteiger partial charge >= 0.3 is 5.97 Å². The molecule has 0 saturated carbocycles. The monoisotopic (exact) mass is 349 g/mol. The minimum atomic E-state index is -0.441. The fourth-order valence-electron chi connectivity index (χ4n) is 2.94. The molecular formula is C18H20ClNO2S. The van der Waals surface area contributed by atoms with Gasteiger partial charge in [0, 0.05) is 23.0 Å². The summed E-state index contributed by atoms with van der Waals surface area (Å²) < 4.78 is 5.45. The average Bonchev–Trinajstić information content (AvgIpc) is 3.02. The normalized spacial score (nSPS) is 15.9. The van der Waals surface area contributed by atoms with Crippen molar-refractivity contribution in [2.75, 3.05) is 13.2 Å². The van der Waals surface area contributed by atoms with Gasteiger partial charge in [0.25, 0.3) is 0 Å². The van der Waals surface area contributed by atoms with E-state index in [0.717, 1.165) is 31.5 Å². The zero-order valence-corrected chi connectivity index (χ0v) is 14.7. The Morgan fingerprint density at radius 2 is 2.22 bits per heavy atom. The number of ether oxygens (including phenoxy) is 1. The van der Waals surface area contributed by atoms with Crippen molar-refractivity contribution < 1.29 is 9.53 Å². The van der Waals surface area contributed by atoms with Gasteiger partial charge in [0.2, 0.25) is 0 Å². The fraction of sp³-hybridized carbons (Fsp3) is 0.389. The van der Waals surface area contributed by atoms with Gasteiger partial charge in [0.1, 0.15) is 6.04 Å². The molecule has 3 nitrogen and oxygen atoms in total. The molecule has 0 spiro atoms. The standard InChI is InChI=1S/C18H20ClNO2S/c1-2-10-22-18(21)17(14-5-3-4-6-15(14)19)20-9-7-16-13(12-20)8-11-23-16/h3-6,8,11,17H,2,7,9-10,12H2,1H3/t17-/m0/s1. The second-order valence-corrected chi connectivity index (χ2v) is 7.09. The Morgan fingerprint density at radius 3 is 3.00 bits per heavy atom. The van der Waals surface area contributed by atoms with Gasteiger partial charge in [-0.25, -0.2) is 4.79 Å². The van der Waals surface area contributed by atoms with Gasteiger partial charge in [-0.1, -0.05) is 36.7 Å². The van der Waals surface area contributed by atoms with Gasteiger partial charge in [-0.05, 0) is 41.5 Å². The summed E-state index contributed by atoms with van der Waals surface area (Å²) in [5.41, 5.74) is 2.13. The molecule has 0 unspecified atom stereocenters. The maximum atomic E-state index is 12.7. The first-order chi connectivity index (χ1) is 11.2. The summed E-state index contributed by atoms with van der Waals surface area (Å²) in [7, 11) is 0. The molecule has 5 heteroatoms. The third kappa shape index (κ3) is 3.60. The first-order valence-electron chi connectivity index (χ1n) is 7.91. The molecule has 2 heterocycles. The van der Waals surface area contributed by atoms with E-state index in [1.54, 1.807) is 11.3 Å². The van der Waals surface area contributed by atoms with Crippen LogP contribution < -0.4 is 0 Å². The lowest BCUT2D eigenvalue weighted by Gasteiger charge is -2.33. The molecule has 0 N–H and O–H groups in total. The predicted molar refractivity (Wildman–Crippen MR) is 93.9 cm³/mol. The number of thiophene rings is 1. The van der Waals surface area contributed by atoms with E-state index in [1.807, 2.05) is 31.2 Å². The highest BCUT2D eigenvalue weighted by Gasteiger charge is 2.33. The molecule has 1 atom stereocenters. The van der Waals surface area contributed by atoms with Crippen molar-refractivity contribution >= 4 is 28.9 Å². The van der Waals surface area contributed by atoms with Gasteiger partial charge in [-0.15, -0.1) is 11.3 Å². The minimum absolute atomic E-state index is 0.210. The van der Waals surface area contributed by atoms with Crippen LogP contribution in [0.3, 0.4) is 0 Å². The van der Waals surface area contributed by atoms with E-state index in [0.29, 0.717) is 11.6 Å². The molecule has 122 valence electrons. The lowest BCUT2D eigenvalue weighted by molar-refractivity contribution is -0.151. The number of carbonyl (C=O) groups excluding carboxylic acids is 1. The molecular weight excluding hydrogens is 330 g/mol. The van der Waals surface area contributed by atoms with Crippen LogP contribution in [0.15, 0.2) is 35.7 Å². The number of esters is 1. The van der Waals surface area contributed by atoms with E-state index in [4.69, 9.17) is 16.3 Å². The molecule has 0 fully saturated rings. The molecule has 1 aliphatic heterocycles. The number of hydrogen-bond acceptors (Lipinski definition) is 4. The Labute approximate surface area is 145 Å². The summed E-state index contributed by atoms with van der Waals surface area (Å²) in [5, 5.41) is 2.73. The second-order valence-electron chi connectivity index (χ2n) is 5.68. The van der Waals surface area contributed by atoms with Crippen molar-refractivity contribution in [2.45, 2.75) is 32.4 Å². The van der Waals surface area contributed by atoms with Crippen molar-refractivity contribution in [2.24, 2.45) is 0 Å². The third-order valence-electron chi connectivity index (χ3n) is 4.07. The molecule has 3 rings (SSSR count). The van der Waals surface area contributed by atoms with Crippen molar-refractivity contribution in [1.29, 1.82) is 0 Å². The number of nitrogens with zero attached hydrogens (tertiary/aromatic N) is 1. The number of fused-ring (bicyclic) bond motifs is 1. The Balaban J connectivity index is 1.89. The summed E-state index contributed by atoms with van der Waals surface area (Å²) in [4.78, 5) is 16.3. The van der Waals surface area contributed by atoms with E-state index < -0.39 is 6.04 Å². The molecule has 0 radical (unpaired) electrons. The van der Waals surface area contributed by atoms with E-state index >= 15 is 0 Å². The van der Waals surface area contributed by atoms with Crippen LogP contribution >= 0.6 is 22.9 Å². The van der Waals surface area contributed by atoms with Crippen molar-refractivity contribution in [3.63, 3.8) is 0 Å². The van der Waals surface area contributed by atoms with Gasteiger partial charge in [0.15, 0.2) is 0 Å². The average molecular weight is 350 g/mol. The molecule has 1 aromatic heterocycles. The first kappa shape index (κ1) is 16.5. The number of benzene rings is 1. The summed E-state index contributed by atoms with van der Waals surface area (Å²) in [6.07, 6.45) is 1.78. The van der Waals surface area contributed by atoms with E-state index in [9.17, 15) is 4.79 Å². The van der Waals surface area contributed by atoms with E-state index in [2.05, 4.69) is 16.3 Å². The summed E-state index contributed by atoms with van der Waals surface area (Å²) in [6.45, 7) is 4.04. The molecule has 2 aromatic rings. The maximum Gasteiger partial charge on any atom is 0.328 e. The SMILES string of the molecule is CCCOC(=O)[C@H](c1ccccc1Cl)N1CCc2sccc2C1. The minimum Gasteiger partial charge on any atom is -0.464 e. The topological polar surface area (TPSA) is 29.5 Å². The van der Waals surface area contributed by atoms with Crippen molar-refractivity contribution in [3.05, 3.63) is 56.7 Å². The number of rotatable bonds is 5. The van der Waals surface area contributed by atoms with Crippen LogP contribution in [0.25, 0.3) is 0 Å². The second kappa shape index (κ2) is 7.47. The molecule has 23 heavy (non-hydrogen) atoms.